The predicted molar refractivity (Wildman–Crippen MR) is 74.4 cm³/mol. The van der Waals surface area contributed by atoms with Gasteiger partial charge in [0.25, 0.3) is 0 Å². The fraction of sp³-hybridized carbons (Fsp3) is 0.538. The molecule has 2 N–H and O–H groups in total. The number of nitrogens with one attached hydrogen (secondary N) is 1. The number of nitrogens with zero attached hydrogens (tertiary/aromatic N) is 1. The zero-order valence-electron chi connectivity index (χ0n) is 10.4. The average Bonchev–Trinajstić information content (AvgIpc) is 2.78. The third kappa shape index (κ3) is 2.96. The molecule has 1 heterocycles. The number of thioether (sulfide) groups is 1. The van der Waals surface area contributed by atoms with E-state index in [2.05, 4.69) is 17.2 Å². The Hall–Kier alpha value is -1.23. The number of hydrogen-bond donors (Lipinski definition) is 2. The topological polar surface area (TPSA) is 62.2 Å². The highest BCUT2D eigenvalue weighted by Gasteiger charge is 2.27. The van der Waals surface area contributed by atoms with E-state index in [0.29, 0.717) is 22.5 Å². The molecule has 0 aromatic carbocycles. The molecule has 1 saturated carbocycles. The van der Waals surface area contributed by atoms with Crippen molar-refractivity contribution in [1.82, 2.24) is 4.98 Å². The molecule has 0 radical (unpaired) electrons. The molecular weight excluding hydrogens is 248 g/mol. The van der Waals surface area contributed by atoms with Crippen LogP contribution < -0.4 is 5.32 Å². The molecule has 0 bridgehead atoms. The molecule has 0 amide bonds. The number of pyridine rings is 1. The fourth-order valence-corrected chi connectivity index (χ4v) is 3.60. The largest absolute Gasteiger partial charge is 0.478 e. The van der Waals surface area contributed by atoms with Gasteiger partial charge in [0, 0.05) is 17.5 Å². The molecule has 1 aliphatic rings. The molecule has 1 aromatic heterocycles. The maximum atomic E-state index is 11.1. The van der Waals surface area contributed by atoms with E-state index < -0.39 is 5.97 Å². The lowest BCUT2D eigenvalue weighted by Crippen LogP contribution is -2.27. The van der Waals surface area contributed by atoms with E-state index in [4.69, 9.17) is 5.11 Å². The van der Waals surface area contributed by atoms with Crippen molar-refractivity contribution in [3.05, 3.63) is 24.0 Å². The second-order valence-electron chi connectivity index (χ2n) is 4.40. The first-order chi connectivity index (χ1) is 8.72. The Kier molecular flexibility index (Phi) is 4.47. The van der Waals surface area contributed by atoms with Gasteiger partial charge in [0.05, 0.1) is 17.4 Å². The Balaban J connectivity index is 2.11. The molecule has 2 unspecified atom stereocenters. The fourth-order valence-electron chi connectivity index (χ4n) is 2.40. The molecule has 18 heavy (non-hydrogen) atoms. The van der Waals surface area contributed by atoms with E-state index >= 15 is 0 Å². The van der Waals surface area contributed by atoms with Crippen molar-refractivity contribution < 1.29 is 9.90 Å². The first-order valence-corrected chi connectivity index (χ1v) is 7.32. The van der Waals surface area contributed by atoms with Crippen LogP contribution in [0.4, 0.5) is 5.69 Å². The highest BCUT2D eigenvalue weighted by Crippen LogP contribution is 2.32. The Labute approximate surface area is 111 Å². The molecule has 2 rings (SSSR count). The maximum Gasteiger partial charge on any atom is 0.337 e. The number of carboxylic acid groups (broad SMARTS) is 1. The van der Waals surface area contributed by atoms with Crippen LogP contribution in [0.1, 0.15) is 36.5 Å². The summed E-state index contributed by atoms with van der Waals surface area (Å²) in [7, 11) is 0. The summed E-state index contributed by atoms with van der Waals surface area (Å²) >= 11 is 1.95. The highest BCUT2D eigenvalue weighted by atomic mass is 32.2. The van der Waals surface area contributed by atoms with Gasteiger partial charge in [0.1, 0.15) is 0 Å². The van der Waals surface area contributed by atoms with Gasteiger partial charge in [0.15, 0.2) is 0 Å². The molecule has 1 aromatic rings. The van der Waals surface area contributed by atoms with E-state index in [1.165, 1.54) is 19.0 Å². The lowest BCUT2D eigenvalue weighted by Gasteiger charge is -2.21. The van der Waals surface area contributed by atoms with Crippen LogP contribution >= 0.6 is 11.8 Å². The standard InChI is InChI=1S/C13H18N2O2S/c1-2-18-12-5-3-4-10(12)15-11-8-14-7-6-9(11)13(16)17/h6-8,10,12,15H,2-5H2,1H3,(H,16,17). The van der Waals surface area contributed by atoms with Crippen molar-refractivity contribution in [3.63, 3.8) is 0 Å². The lowest BCUT2D eigenvalue weighted by molar-refractivity contribution is 0.0698. The summed E-state index contributed by atoms with van der Waals surface area (Å²) in [5.74, 6) is 0.194. The van der Waals surface area contributed by atoms with Crippen LogP contribution in [0.5, 0.6) is 0 Å². The molecule has 0 aliphatic heterocycles. The van der Waals surface area contributed by atoms with Crippen LogP contribution in [0, 0.1) is 0 Å². The number of carbonyl (C=O) groups is 1. The molecule has 5 heteroatoms. The van der Waals surface area contributed by atoms with Gasteiger partial charge in [0.2, 0.25) is 0 Å². The van der Waals surface area contributed by atoms with Gasteiger partial charge in [-0.1, -0.05) is 13.3 Å². The monoisotopic (exact) mass is 266 g/mol. The van der Waals surface area contributed by atoms with Gasteiger partial charge >= 0.3 is 5.97 Å². The van der Waals surface area contributed by atoms with Gasteiger partial charge in [-0.25, -0.2) is 4.79 Å². The zero-order chi connectivity index (χ0) is 13.0. The summed E-state index contributed by atoms with van der Waals surface area (Å²) in [6.07, 6.45) is 6.64. The maximum absolute atomic E-state index is 11.1. The third-order valence-electron chi connectivity index (χ3n) is 3.23. The van der Waals surface area contributed by atoms with Crippen molar-refractivity contribution in [2.24, 2.45) is 0 Å². The zero-order valence-corrected chi connectivity index (χ0v) is 11.2. The van der Waals surface area contributed by atoms with Gasteiger partial charge in [-0.2, -0.15) is 11.8 Å². The Morgan fingerprint density at radius 2 is 2.44 bits per heavy atom. The average molecular weight is 266 g/mol. The van der Waals surface area contributed by atoms with Crippen molar-refractivity contribution >= 4 is 23.4 Å². The Morgan fingerprint density at radius 3 is 3.17 bits per heavy atom. The van der Waals surface area contributed by atoms with E-state index in [-0.39, 0.29) is 0 Å². The van der Waals surface area contributed by atoms with Gasteiger partial charge in [-0.3, -0.25) is 4.98 Å². The number of aromatic nitrogens is 1. The summed E-state index contributed by atoms with van der Waals surface area (Å²) in [6, 6.07) is 1.90. The third-order valence-corrected chi connectivity index (χ3v) is 4.55. The van der Waals surface area contributed by atoms with Crippen molar-refractivity contribution in [1.29, 1.82) is 0 Å². The minimum absolute atomic E-state index is 0.303. The molecule has 0 spiro atoms. The smallest absolute Gasteiger partial charge is 0.337 e. The van der Waals surface area contributed by atoms with Gasteiger partial charge < -0.3 is 10.4 Å². The van der Waals surface area contributed by atoms with Crippen LogP contribution in [0.15, 0.2) is 18.5 Å². The SMILES string of the molecule is CCSC1CCCC1Nc1cnccc1C(=O)O. The van der Waals surface area contributed by atoms with Crippen LogP contribution in [0.25, 0.3) is 0 Å². The quantitative estimate of drug-likeness (QED) is 0.858. The van der Waals surface area contributed by atoms with Crippen molar-refractivity contribution in [2.45, 2.75) is 37.5 Å². The minimum atomic E-state index is -0.905. The predicted octanol–water partition coefficient (Wildman–Crippen LogP) is 2.87. The number of aromatic carboxylic acids is 1. The van der Waals surface area contributed by atoms with Crippen molar-refractivity contribution in [3.8, 4) is 0 Å². The summed E-state index contributed by atoms with van der Waals surface area (Å²) in [5.41, 5.74) is 0.941. The summed E-state index contributed by atoms with van der Waals surface area (Å²) in [4.78, 5) is 15.1. The van der Waals surface area contributed by atoms with Crippen LogP contribution in [-0.4, -0.2) is 33.1 Å². The Bertz CT molecular complexity index is 425. The number of anilines is 1. The van der Waals surface area contributed by atoms with E-state index in [1.54, 1.807) is 12.3 Å². The highest BCUT2D eigenvalue weighted by molar-refractivity contribution is 7.99. The molecule has 0 saturated heterocycles. The number of hydrogen-bond acceptors (Lipinski definition) is 4. The number of rotatable bonds is 5. The molecule has 2 atom stereocenters. The number of carboxylic acids is 1. The van der Waals surface area contributed by atoms with Gasteiger partial charge in [-0.15, -0.1) is 0 Å². The van der Waals surface area contributed by atoms with E-state index in [0.717, 1.165) is 12.2 Å². The second-order valence-corrected chi connectivity index (χ2v) is 5.92. The second kappa shape index (κ2) is 6.09. The summed E-state index contributed by atoms with van der Waals surface area (Å²) in [5, 5.41) is 13.1. The Morgan fingerprint density at radius 1 is 1.61 bits per heavy atom. The van der Waals surface area contributed by atoms with Crippen LogP contribution in [0.3, 0.4) is 0 Å². The first-order valence-electron chi connectivity index (χ1n) is 6.27. The van der Waals surface area contributed by atoms with E-state index in [9.17, 15) is 4.79 Å². The molecular formula is C13H18N2O2S. The lowest BCUT2D eigenvalue weighted by atomic mass is 10.2. The normalized spacial score (nSPS) is 22.9. The molecule has 1 fully saturated rings. The van der Waals surface area contributed by atoms with E-state index in [1.807, 2.05) is 11.8 Å². The molecule has 1 aliphatic carbocycles. The van der Waals surface area contributed by atoms with Crippen LogP contribution in [-0.2, 0) is 0 Å². The van der Waals surface area contributed by atoms with Gasteiger partial charge in [-0.05, 0) is 24.7 Å². The summed E-state index contributed by atoms with van der Waals surface area (Å²) in [6.45, 7) is 2.16. The molecule has 4 nitrogen and oxygen atoms in total. The first kappa shape index (κ1) is 13.2. The summed E-state index contributed by atoms with van der Waals surface area (Å²) < 4.78 is 0. The van der Waals surface area contributed by atoms with Crippen molar-refractivity contribution in [2.75, 3.05) is 11.1 Å². The minimum Gasteiger partial charge on any atom is -0.478 e. The molecule has 98 valence electrons. The van der Waals surface area contributed by atoms with Crippen LogP contribution in [0.2, 0.25) is 0 Å².